The quantitative estimate of drug-likeness (QED) is 0.522. The van der Waals surface area contributed by atoms with Crippen LogP contribution in [0.25, 0.3) is 0 Å². The first kappa shape index (κ1) is 20.7. The van der Waals surface area contributed by atoms with Gasteiger partial charge in [-0.1, -0.05) is 11.6 Å². The van der Waals surface area contributed by atoms with E-state index in [1.165, 1.54) is 0 Å². The van der Waals surface area contributed by atoms with Gasteiger partial charge in [0.2, 0.25) is 5.91 Å². The van der Waals surface area contributed by atoms with Crippen LogP contribution in [0.1, 0.15) is 12.8 Å². The summed E-state index contributed by atoms with van der Waals surface area (Å²) in [7, 11) is -3.00. The highest BCUT2D eigenvalue weighted by atomic mass is 35.5. The molecule has 154 valence electrons. The van der Waals surface area contributed by atoms with E-state index in [0.29, 0.717) is 12.4 Å². The van der Waals surface area contributed by atoms with E-state index in [9.17, 15) is 13.2 Å². The van der Waals surface area contributed by atoms with Crippen molar-refractivity contribution >= 4 is 39.0 Å². The predicted molar refractivity (Wildman–Crippen MR) is 112 cm³/mol. The highest BCUT2D eigenvalue weighted by Crippen LogP contribution is 2.19. The lowest BCUT2D eigenvalue weighted by molar-refractivity contribution is -0.121. The monoisotopic (exact) mass is 427 g/mol. The number of halogens is 1. The van der Waals surface area contributed by atoms with Gasteiger partial charge in [-0.2, -0.15) is 0 Å². The van der Waals surface area contributed by atoms with Gasteiger partial charge in [-0.25, -0.2) is 8.42 Å². The van der Waals surface area contributed by atoms with Crippen molar-refractivity contribution in [2.75, 3.05) is 49.1 Å². The van der Waals surface area contributed by atoms with Gasteiger partial charge in [0.1, 0.15) is 0 Å². The van der Waals surface area contributed by atoms with Crippen LogP contribution in [0.15, 0.2) is 29.3 Å². The number of nitrogens with zero attached hydrogens (tertiary/aromatic N) is 3. The van der Waals surface area contributed by atoms with Gasteiger partial charge in [0.15, 0.2) is 15.8 Å². The smallest absolute Gasteiger partial charge is 0.222 e. The zero-order chi connectivity index (χ0) is 20.1. The lowest BCUT2D eigenvalue weighted by atomic mass is 10.2. The molecule has 0 spiro atoms. The van der Waals surface area contributed by atoms with Crippen LogP contribution in [-0.4, -0.2) is 75.5 Å². The van der Waals surface area contributed by atoms with Crippen molar-refractivity contribution in [3.05, 3.63) is 29.3 Å². The highest BCUT2D eigenvalue weighted by molar-refractivity contribution is 7.91. The number of nitrogens with one attached hydrogen (secondary N) is 1. The Bertz CT molecular complexity index is 820. The zero-order valence-electron chi connectivity index (χ0n) is 15.7. The van der Waals surface area contributed by atoms with E-state index >= 15 is 0 Å². The van der Waals surface area contributed by atoms with Gasteiger partial charge in [0.05, 0.1) is 18.1 Å². The average Bonchev–Trinajstić information content (AvgIpc) is 3.00. The molecule has 1 amide bonds. The Hall–Kier alpha value is -2.00. The van der Waals surface area contributed by atoms with Gasteiger partial charge in [-0.05, 0) is 30.7 Å². The molecule has 0 aromatic heterocycles. The van der Waals surface area contributed by atoms with E-state index in [1.54, 1.807) is 0 Å². The molecule has 0 aliphatic carbocycles. The minimum Gasteiger partial charge on any atom is -0.370 e. The molecule has 3 N–H and O–H groups in total. The van der Waals surface area contributed by atoms with Gasteiger partial charge in [0.25, 0.3) is 0 Å². The lowest BCUT2D eigenvalue weighted by Crippen LogP contribution is -2.51. The van der Waals surface area contributed by atoms with Gasteiger partial charge < -0.3 is 20.9 Å². The summed E-state index contributed by atoms with van der Waals surface area (Å²) in [5.74, 6) is 0.422. The van der Waals surface area contributed by atoms with Gasteiger partial charge in [-0.15, -0.1) is 0 Å². The van der Waals surface area contributed by atoms with Crippen molar-refractivity contribution in [1.82, 2.24) is 10.2 Å². The fourth-order valence-corrected chi connectivity index (χ4v) is 5.23. The lowest BCUT2D eigenvalue weighted by Gasteiger charge is -2.36. The minimum absolute atomic E-state index is 0.0298. The number of rotatable bonds is 5. The molecule has 3 rings (SSSR count). The number of aliphatic imine (C=N–C) groups is 1. The third-order valence-corrected chi connectivity index (χ3v) is 7.03. The fourth-order valence-electron chi connectivity index (χ4n) is 3.43. The number of nitrogens with two attached hydrogens (primary N) is 1. The normalized spacial score (nSPS) is 22.3. The molecular formula is C18H26ClN5O3S. The van der Waals surface area contributed by atoms with Crippen molar-refractivity contribution in [3.8, 4) is 0 Å². The number of carbonyl (C=O) groups excluding carboxylic acids is 1. The van der Waals surface area contributed by atoms with E-state index in [0.717, 1.165) is 36.9 Å². The second kappa shape index (κ2) is 9.00. The molecule has 2 aliphatic rings. The first-order chi connectivity index (χ1) is 13.3. The van der Waals surface area contributed by atoms with Crippen LogP contribution in [-0.2, 0) is 14.6 Å². The maximum atomic E-state index is 11.9. The van der Waals surface area contributed by atoms with Crippen LogP contribution in [0.5, 0.6) is 0 Å². The number of hydrogen-bond donors (Lipinski definition) is 2. The molecule has 1 unspecified atom stereocenters. The summed E-state index contributed by atoms with van der Waals surface area (Å²) in [6.45, 7) is 3.45. The molecule has 1 atom stereocenters. The summed E-state index contributed by atoms with van der Waals surface area (Å²) in [5.41, 5.74) is 7.20. The van der Waals surface area contributed by atoms with Crippen LogP contribution in [0.4, 0.5) is 5.69 Å². The van der Waals surface area contributed by atoms with Gasteiger partial charge in [0, 0.05) is 49.4 Å². The summed E-state index contributed by atoms with van der Waals surface area (Å²) in [5, 5.41) is 3.48. The van der Waals surface area contributed by atoms with E-state index in [2.05, 4.69) is 15.2 Å². The molecule has 0 radical (unpaired) electrons. The molecule has 28 heavy (non-hydrogen) atoms. The number of sulfone groups is 1. The van der Waals surface area contributed by atoms with E-state index < -0.39 is 9.84 Å². The number of amides is 1. The summed E-state index contributed by atoms with van der Waals surface area (Å²) >= 11 is 5.93. The van der Waals surface area contributed by atoms with Crippen LogP contribution < -0.4 is 16.0 Å². The topological polar surface area (TPSA) is 108 Å². The number of piperazine rings is 1. The Balaban J connectivity index is 1.39. The third kappa shape index (κ3) is 5.75. The maximum Gasteiger partial charge on any atom is 0.222 e. The van der Waals surface area contributed by atoms with Crippen molar-refractivity contribution in [2.45, 2.75) is 18.9 Å². The van der Waals surface area contributed by atoms with Crippen molar-refractivity contribution < 1.29 is 13.2 Å². The fraction of sp³-hybridized carbons (Fsp3) is 0.556. The van der Waals surface area contributed by atoms with Crippen LogP contribution >= 0.6 is 11.6 Å². The molecule has 1 aromatic carbocycles. The molecule has 2 fully saturated rings. The molecule has 8 nitrogen and oxygen atoms in total. The van der Waals surface area contributed by atoms with Crippen molar-refractivity contribution in [3.63, 3.8) is 0 Å². The number of anilines is 1. The Morgan fingerprint density at radius 1 is 1.21 bits per heavy atom. The second-order valence-corrected chi connectivity index (χ2v) is 9.77. The Morgan fingerprint density at radius 2 is 1.89 bits per heavy atom. The average molecular weight is 428 g/mol. The summed E-state index contributed by atoms with van der Waals surface area (Å²) in [6.07, 6.45) is 0.680. The first-order valence-corrected chi connectivity index (χ1v) is 11.6. The van der Waals surface area contributed by atoms with Crippen LogP contribution in [0.3, 0.4) is 0 Å². The summed E-state index contributed by atoms with van der Waals surface area (Å²) in [6, 6.07) is 7.49. The zero-order valence-corrected chi connectivity index (χ0v) is 17.3. The molecule has 2 aliphatic heterocycles. The molecule has 1 aromatic rings. The molecule has 2 saturated heterocycles. The highest BCUT2D eigenvalue weighted by Gasteiger charge is 2.28. The largest absolute Gasteiger partial charge is 0.370 e. The molecule has 10 heteroatoms. The summed E-state index contributed by atoms with van der Waals surface area (Å²) < 4.78 is 22.8. The van der Waals surface area contributed by atoms with E-state index in [4.69, 9.17) is 17.3 Å². The number of guanidine groups is 1. The Labute approximate surface area is 170 Å². The molecule has 2 heterocycles. The maximum absolute atomic E-state index is 11.9. The predicted octanol–water partition coefficient (Wildman–Crippen LogP) is 0.470. The van der Waals surface area contributed by atoms with Gasteiger partial charge >= 0.3 is 0 Å². The second-order valence-electron chi connectivity index (χ2n) is 7.11. The Morgan fingerprint density at radius 3 is 2.50 bits per heavy atom. The summed E-state index contributed by atoms with van der Waals surface area (Å²) in [4.78, 5) is 20.5. The standard InChI is InChI=1S/C18H26ClN5O3S/c19-14-1-3-16(4-2-14)23-8-10-24(11-9-23)18(20)21-7-5-17(25)22-15-6-12-28(26,27)13-15/h1-4,15H,5-13H2,(H2,20,21)(H,22,25). The number of hydrogen-bond acceptors (Lipinski definition) is 5. The minimum atomic E-state index is -3.00. The van der Waals surface area contributed by atoms with Crippen LogP contribution in [0, 0.1) is 0 Å². The molecule has 0 saturated carbocycles. The van der Waals surface area contributed by atoms with Crippen LogP contribution in [0.2, 0.25) is 5.02 Å². The van der Waals surface area contributed by atoms with Crippen molar-refractivity contribution in [1.29, 1.82) is 0 Å². The Kier molecular flexibility index (Phi) is 6.66. The van der Waals surface area contributed by atoms with Crippen molar-refractivity contribution in [2.24, 2.45) is 10.7 Å². The van der Waals surface area contributed by atoms with E-state index in [-0.39, 0.29) is 36.4 Å². The first-order valence-electron chi connectivity index (χ1n) is 9.37. The molecular weight excluding hydrogens is 402 g/mol. The molecule has 0 bridgehead atoms. The SMILES string of the molecule is NC(=NCCC(=O)NC1CCS(=O)(=O)C1)N1CCN(c2ccc(Cl)cc2)CC1. The third-order valence-electron chi connectivity index (χ3n) is 5.01. The van der Waals surface area contributed by atoms with Gasteiger partial charge in [-0.3, -0.25) is 9.79 Å². The van der Waals surface area contributed by atoms with E-state index in [1.807, 2.05) is 29.2 Å². The number of benzene rings is 1. The number of carbonyl (C=O) groups is 1.